The molecule has 264 valence electrons. The summed E-state index contributed by atoms with van der Waals surface area (Å²) >= 11 is 7.94. The molecule has 2 aromatic carbocycles. The van der Waals surface area contributed by atoms with Crippen LogP contribution in [0.3, 0.4) is 0 Å². The summed E-state index contributed by atoms with van der Waals surface area (Å²) in [4.78, 5) is 38.8. The number of anilines is 3. The smallest absolute Gasteiger partial charge is 0.262 e. The number of phenols is 1. The van der Waals surface area contributed by atoms with Gasteiger partial charge in [-0.05, 0) is 50.1 Å². The molecular weight excluding hydrogens is 694 g/mol. The molecule has 2 fully saturated rings. The van der Waals surface area contributed by atoms with Crippen molar-refractivity contribution in [3.8, 4) is 23.3 Å². The number of ether oxygens (including phenoxy) is 2. The lowest BCUT2D eigenvalue weighted by molar-refractivity contribution is -0.112. The zero-order valence-corrected chi connectivity index (χ0v) is 29.6. The number of phenolic OH excluding ortho intramolecular Hbond substituents is 1. The van der Waals surface area contributed by atoms with Crippen molar-refractivity contribution in [1.82, 2.24) is 14.9 Å². The molecule has 3 aliphatic heterocycles. The van der Waals surface area contributed by atoms with Crippen molar-refractivity contribution in [1.29, 1.82) is 0 Å². The number of amides is 1. The summed E-state index contributed by atoms with van der Waals surface area (Å²) in [5, 5.41) is 24.3. The summed E-state index contributed by atoms with van der Waals surface area (Å²) in [6.07, 6.45) is 4.91. The van der Waals surface area contributed by atoms with E-state index in [1.54, 1.807) is 36.4 Å². The standard InChI is InChI=1S/C36H36ClN7O6S/c1-20-32(38)36(19-50-20)11-13-44(14-12-36)28-16-40-35(33(39)42-28)51-27-6-4-5-23(30(27)37)41-34(48)29-24(18-45)43(2)17-22(31(29)47)9-7-21-8-10-25(46)26(15-21)49-3/h4-6,8,10,15-17,20,32,46-47H,11-14,19,38H2,1-3H3,(H2,39,42)(H,41,48)/t20-,32+/m0/s1. The molecule has 6 rings (SSSR count). The first-order chi connectivity index (χ1) is 24.4. The SMILES string of the molecule is COc1cc(C#CC2=CN(C)C(=C=O)C(C(=O)Nc3cccc(Sc4ncc(N5CCC6(CC5)CO[C@@H](C)[C@H]6N)nc4N)c3Cl)=C2O)ccc1O. The summed E-state index contributed by atoms with van der Waals surface area (Å²) in [7, 11) is 2.93. The first kappa shape index (κ1) is 35.7. The van der Waals surface area contributed by atoms with E-state index in [0.29, 0.717) is 27.9 Å². The fourth-order valence-corrected chi connectivity index (χ4v) is 7.41. The molecule has 1 aromatic heterocycles. The number of hydrogen-bond donors (Lipinski definition) is 5. The first-order valence-corrected chi connectivity index (χ1v) is 17.2. The quantitative estimate of drug-likeness (QED) is 0.179. The van der Waals surface area contributed by atoms with Crippen molar-refractivity contribution in [3.63, 3.8) is 0 Å². The summed E-state index contributed by atoms with van der Waals surface area (Å²) < 4.78 is 11.0. The molecule has 0 aliphatic carbocycles. The van der Waals surface area contributed by atoms with Gasteiger partial charge in [0, 0.05) is 48.3 Å². The summed E-state index contributed by atoms with van der Waals surface area (Å²) in [6, 6.07) is 9.52. The van der Waals surface area contributed by atoms with Crippen molar-refractivity contribution in [2.75, 3.05) is 49.8 Å². The number of nitrogens with zero attached hydrogens (tertiary/aromatic N) is 4. The molecule has 51 heavy (non-hydrogen) atoms. The second kappa shape index (κ2) is 14.6. The van der Waals surface area contributed by atoms with Crippen LogP contribution in [0.4, 0.5) is 17.3 Å². The van der Waals surface area contributed by atoms with Crippen LogP contribution in [0.2, 0.25) is 5.02 Å². The van der Waals surface area contributed by atoms with Gasteiger partial charge in [0.2, 0.25) is 0 Å². The number of halogens is 1. The van der Waals surface area contributed by atoms with Crippen LogP contribution in [0.15, 0.2) is 81.3 Å². The number of carbonyl (C=O) groups excluding carboxylic acids is 2. The number of piperidine rings is 1. The Hall–Kier alpha value is -5.16. The Labute approximate surface area is 304 Å². The maximum Gasteiger partial charge on any atom is 0.262 e. The van der Waals surface area contributed by atoms with E-state index in [9.17, 15) is 19.8 Å². The highest BCUT2D eigenvalue weighted by molar-refractivity contribution is 7.99. The number of hydrogen-bond acceptors (Lipinski definition) is 13. The number of benzene rings is 2. The zero-order valence-electron chi connectivity index (χ0n) is 28.1. The van der Waals surface area contributed by atoms with Crippen molar-refractivity contribution in [2.24, 2.45) is 11.1 Å². The van der Waals surface area contributed by atoms with E-state index in [1.807, 2.05) is 6.92 Å². The molecule has 1 spiro atoms. The molecule has 4 heterocycles. The third-order valence-electron chi connectivity index (χ3n) is 9.35. The Kier molecular flexibility index (Phi) is 10.2. The zero-order chi connectivity index (χ0) is 36.4. The summed E-state index contributed by atoms with van der Waals surface area (Å²) in [6.45, 7) is 4.21. The molecule has 1 amide bonds. The molecule has 13 nitrogen and oxygen atoms in total. The third-order valence-corrected chi connectivity index (χ3v) is 10.9. The van der Waals surface area contributed by atoms with Gasteiger partial charge in [-0.15, -0.1) is 0 Å². The number of nitrogens with two attached hydrogens (primary N) is 2. The lowest BCUT2D eigenvalue weighted by atomic mass is 9.73. The second-order valence-electron chi connectivity index (χ2n) is 12.4. The van der Waals surface area contributed by atoms with E-state index in [0.717, 1.165) is 25.9 Å². The predicted molar refractivity (Wildman–Crippen MR) is 194 cm³/mol. The van der Waals surface area contributed by atoms with E-state index in [-0.39, 0.29) is 62.4 Å². The van der Waals surface area contributed by atoms with Gasteiger partial charge in [0.25, 0.3) is 5.91 Å². The Morgan fingerprint density at radius 2 is 1.98 bits per heavy atom. The summed E-state index contributed by atoms with van der Waals surface area (Å²) in [5.74, 6) is 7.12. The van der Waals surface area contributed by atoms with E-state index in [4.69, 9.17) is 32.5 Å². The molecule has 2 atom stereocenters. The molecule has 7 N–H and O–H groups in total. The van der Waals surface area contributed by atoms with Gasteiger partial charge in [0.05, 0.1) is 42.3 Å². The van der Waals surface area contributed by atoms with Gasteiger partial charge in [-0.2, -0.15) is 0 Å². The van der Waals surface area contributed by atoms with E-state index in [1.165, 1.54) is 49.2 Å². The third kappa shape index (κ3) is 7.08. The molecule has 0 unspecified atom stereocenters. The summed E-state index contributed by atoms with van der Waals surface area (Å²) in [5.41, 5.74) is 13.0. The molecule has 3 aromatic rings. The number of aliphatic hydroxyl groups excluding tert-OH is 1. The molecule has 0 saturated carbocycles. The number of likely N-dealkylation sites (N-methyl/N-ethyl adjacent to an activating group) is 1. The van der Waals surface area contributed by atoms with Crippen LogP contribution in [-0.4, -0.2) is 82.9 Å². The minimum absolute atomic E-state index is 0.00593. The van der Waals surface area contributed by atoms with Gasteiger partial charge in [-0.1, -0.05) is 41.3 Å². The maximum atomic E-state index is 13.6. The van der Waals surface area contributed by atoms with Crippen LogP contribution in [0, 0.1) is 17.3 Å². The van der Waals surface area contributed by atoms with E-state index in [2.05, 4.69) is 32.0 Å². The van der Waals surface area contributed by atoms with E-state index < -0.39 is 11.7 Å². The Morgan fingerprint density at radius 3 is 2.65 bits per heavy atom. The van der Waals surface area contributed by atoms with Gasteiger partial charge in [0.15, 0.2) is 23.3 Å². The molecule has 2 saturated heterocycles. The minimum Gasteiger partial charge on any atom is -0.506 e. The Morgan fingerprint density at radius 1 is 1.22 bits per heavy atom. The maximum absolute atomic E-state index is 13.6. The Bertz CT molecular complexity index is 2060. The van der Waals surface area contributed by atoms with Crippen molar-refractivity contribution in [2.45, 2.75) is 41.8 Å². The fraction of sp³-hybridized carbons (Fsp3) is 0.306. The highest BCUT2D eigenvalue weighted by atomic mass is 35.5. The number of nitrogens with one attached hydrogen (secondary N) is 1. The van der Waals surface area contributed by atoms with Gasteiger partial charge in [-0.3, -0.25) is 4.79 Å². The van der Waals surface area contributed by atoms with Gasteiger partial charge >= 0.3 is 0 Å². The number of methoxy groups -OCH3 is 1. The van der Waals surface area contributed by atoms with E-state index >= 15 is 0 Å². The number of aromatic nitrogens is 2. The largest absolute Gasteiger partial charge is 0.506 e. The second-order valence-corrected chi connectivity index (χ2v) is 13.9. The lowest BCUT2D eigenvalue weighted by Gasteiger charge is -2.41. The number of rotatable bonds is 6. The number of aromatic hydroxyl groups is 1. The molecule has 3 aliphatic rings. The average molecular weight is 730 g/mol. The van der Waals surface area contributed by atoms with Crippen molar-refractivity contribution >= 4 is 52.5 Å². The van der Waals surface area contributed by atoms with Crippen LogP contribution in [-0.2, 0) is 14.3 Å². The molecule has 0 bridgehead atoms. The van der Waals surface area contributed by atoms with Crippen LogP contribution < -0.4 is 26.4 Å². The van der Waals surface area contributed by atoms with Crippen LogP contribution in [0.5, 0.6) is 11.5 Å². The number of aliphatic hydroxyl groups is 1. The fourth-order valence-electron chi connectivity index (χ4n) is 6.31. The minimum atomic E-state index is -0.813. The number of nitrogen functional groups attached to an aromatic ring is 1. The normalized spacial score (nSPS) is 19.7. The Balaban J connectivity index is 1.18. The molecular formula is C36H36ClN7O6S. The monoisotopic (exact) mass is 729 g/mol. The van der Waals surface area contributed by atoms with Crippen molar-refractivity contribution in [3.05, 3.63) is 82.0 Å². The number of allylic oxidation sites excluding steroid dienone is 1. The highest BCUT2D eigenvalue weighted by Gasteiger charge is 2.47. The van der Waals surface area contributed by atoms with Crippen LogP contribution in [0.25, 0.3) is 0 Å². The number of carbonyl (C=O) groups is 1. The van der Waals surface area contributed by atoms with Gasteiger partial charge in [-0.25, -0.2) is 14.8 Å². The average Bonchev–Trinajstić information content (AvgIpc) is 3.39. The molecule has 0 radical (unpaired) electrons. The first-order valence-electron chi connectivity index (χ1n) is 16.0. The molecule has 15 heteroatoms. The topological polar surface area (TPSA) is 189 Å². The van der Waals surface area contributed by atoms with Crippen molar-refractivity contribution < 1.29 is 29.3 Å². The predicted octanol–water partition coefficient (Wildman–Crippen LogP) is 4.26. The van der Waals surface area contributed by atoms with Crippen LogP contribution >= 0.6 is 23.4 Å². The van der Waals surface area contributed by atoms with Gasteiger partial charge in [0.1, 0.15) is 27.9 Å². The highest BCUT2D eigenvalue weighted by Crippen LogP contribution is 2.43. The lowest BCUT2D eigenvalue weighted by Crippen LogP contribution is -2.50. The van der Waals surface area contributed by atoms with Crippen LogP contribution in [0.1, 0.15) is 25.3 Å². The van der Waals surface area contributed by atoms with Gasteiger partial charge < -0.3 is 46.3 Å².